The van der Waals surface area contributed by atoms with Crippen LogP contribution in [0.1, 0.15) is 5.56 Å². The lowest BCUT2D eigenvalue weighted by atomic mass is 10.0. The molecule has 1 aliphatic carbocycles. The summed E-state index contributed by atoms with van der Waals surface area (Å²) in [5, 5.41) is 14.0. The van der Waals surface area contributed by atoms with E-state index in [1.165, 1.54) is 18.2 Å². The number of hydrogen-bond donors (Lipinski definition) is 1. The number of fused-ring (bicyclic) bond motifs is 2. The molecule has 0 bridgehead atoms. The van der Waals surface area contributed by atoms with E-state index in [4.69, 9.17) is 12.2 Å². The first kappa shape index (κ1) is 24.3. The molecule has 0 atom stereocenters. The molecule has 186 valence electrons. The van der Waals surface area contributed by atoms with E-state index in [2.05, 4.69) is 25.3 Å². The Morgan fingerprint density at radius 2 is 1.86 bits per heavy atom. The second kappa shape index (κ2) is 9.94. The molecule has 3 aromatic carbocycles. The molecule has 5 rings (SSSR count). The van der Waals surface area contributed by atoms with Crippen molar-refractivity contribution in [1.29, 1.82) is 0 Å². The number of nitrogens with zero attached hydrogens (tertiary/aromatic N) is 4. The second-order valence-electron chi connectivity index (χ2n) is 7.97. The first-order valence-electron chi connectivity index (χ1n) is 11.0. The van der Waals surface area contributed by atoms with Crippen molar-refractivity contribution in [2.45, 2.75) is 12.8 Å². The van der Waals surface area contributed by atoms with Gasteiger partial charge < -0.3 is 10.1 Å². The molecule has 0 fully saturated rings. The van der Waals surface area contributed by atoms with Crippen LogP contribution in [0.3, 0.4) is 0 Å². The van der Waals surface area contributed by atoms with E-state index in [1.807, 2.05) is 28.8 Å². The maximum Gasteiger partial charge on any atom is 0.573 e. The summed E-state index contributed by atoms with van der Waals surface area (Å²) in [4.78, 5) is 4.53. The predicted octanol–water partition coefficient (Wildman–Crippen LogP) is 5.12. The van der Waals surface area contributed by atoms with Crippen LogP contribution in [0.2, 0.25) is 0 Å². The van der Waals surface area contributed by atoms with Crippen molar-refractivity contribution in [3.63, 3.8) is 0 Å². The molecule has 0 aliphatic heterocycles. The summed E-state index contributed by atoms with van der Waals surface area (Å²) in [7, 11) is 0. The zero-order valence-corrected chi connectivity index (χ0v) is 19.7. The van der Waals surface area contributed by atoms with E-state index in [-0.39, 0.29) is 16.5 Å². The number of aromatic nitrogens is 2. The number of para-hydroxylation sites is 1. The molecule has 0 spiro atoms. The average Bonchev–Trinajstić information content (AvgIpc) is 3.29. The SMILES string of the molecule is Fc1ccccc1NC(=S)N=N/C=c1\ccc2c(c1)CC=c1c=2ncn1-c1ccc(OC(F)(F)F)cc1. The summed E-state index contributed by atoms with van der Waals surface area (Å²) < 4.78 is 56.8. The van der Waals surface area contributed by atoms with Gasteiger partial charge in [0.05, 0.1) is 22.6 Å². The summed E-state index contributed by atoms with van der Waals surface area (Å²) in [6, 6.07) is 17.5. The van der Waals surface area contributed by atoms with Gasteiger partial charge in [-0.25, -0.2) is 9.37 Å². The monoisotopic (exact) mass is 523 g/mol. The molecule has 0 saturated heterocycles. The van der Waals surface area contributed by atoms with Crippen LogP contribution in [0.15, 0.2) is 83.3 Å². The van der Waals surface area contributed by atoms with Gasteiger partial charge in [-0.1, -0.05) is 30.3 Å². The lowest BCUT2D eigenvalue weighted by Gasteiger charge is -2.10. The van der Waals surface area contributed by atoms with Gasteiger partial charge >= 0.3 is 6.36 Å². The van der Waals surface area contributed by atoms with E-state index >= 15 is 0 Å². The van der Waals surface area contributed by atoms with Crippen molar-refractivity contribution in [1.82, 2.24) is 9.55 Å². The topological polar surface area (TPSA) is 63.8 Å². The van der Waals surface area contributed by atoms with Gasteiger partial charge in [-0.05, 0) is 71.9 Å². The molecule has 11 heteroatoms. The molecule has 0 amide bonds. The van der Waals surface area contributed by atoms with Crippen LogP contribution in [-0.2, 0) is 6.42 Å². The molecule has 1 aliphatic rings. The number of halogens is 4. The standard InChI is InChI=1S/C26H17F4N5OS/c27-21-3-1-2-4-22(21)33-25(37)34-32-14-16-5-11-20-17(13-16)6-12-23-24(20)31-15-35(23)18-7-9-19(10-8-18)36-26(28,29)30/h1-5,7-15H,6H2,(H,33,37)/b16-14+,34-32?. The fourth-order valence-electron chi connectivity index (χ4n) is 3.93. The Kier molecular flexibility index (Phi) is 6.53. The number of imidazole rings is 1. The van der Waals surface area contributed by atoms with Crippen molar-refractivity contribution in [2.75, 3.05) is 5.32 Å². The van der Waals surface area contributed by atoms with Gasteiger partial charge in [0.15, 0.2) is 0 Å². The van der Waals surface area contributed by atoms with Crippen LogP contribution in [0, 0.1) is 16.4 Å². The lowest BCUT2D eigenvalue weighted by molar-refractivity contribution is -0.274. The number of thiocarbonyl (C=S) groups is 1. The van der Waals surface area contributed by atoms with Crippen molar-refractivity contribution in [3.05, 3.63) is 106 Å². The Hall–Kier alpha value is -4.38. The normalized spacial score (nSPS) is 13.1. The van der Waals surface area contributed by atoms with E-state index in [0.29, 0.717) is 12.1 Å². The summed E-state index contributed by atoms with van der Waals surface area (Å²) in [6.07, 6.45) is 1.07. The largest absolute Gasteiger partial charge is 0.573 e. The average molecular weight is 524 g/mol. The number of rotatable bonds is 4. The third kappa shape index (κ3) is 5.56. The zero-order valence-electron chi connectivity index (χ0n) is 18.9. The highest BCUT2D eigenvalue weighted by atomic mass is 32.1. The predicted molar refractivity (Wildman–Crippen MR) is 134 cm³/mol. The van der Waals surface area contributed by atoms with Gasteiger partial charge in [0, 0.05) is 10.9 Å². The summed E-state index contributed by atoms with van der Waals surface area (Å²) >= 11 is 5.09. The van der Waals surface area contributed by atoms with Crippen LogP contribution in [0.4, 0.5) is 23.2 Å². The van der Waals surface area contributed by atoms with Crippen LogP contribution in [0.5, 0.6) is 5.75 Å². The molecule has 37 heavy (non-hydrogen) atoms. The lowest BCUT2D eigenvalue weighted by Crippen LogP contribution is -2.19. The fraction of sp³-hybridized carbons (Fsp3) is 0.0769. The summed E-state index contributed by atoms with van der Waals surface area (Å²) in [6.45, 7) is 0. The van der Waals surface area contributed by atoms with Crippen molar-refractivity contribution >= 4 is 35.3 Å². The van der Waals surface area contributed by atoms with Crippen molar-refractivity contribution in [3.8, 4) is 11.4 Å². The number of azo groups is 1. The van der Waals surface area contributed by atoms with Crippen LogP contribution in [-0.4, -0.2) is 21.0 Å². The first-order chi connectivity index (χ1) is 17.8. The third-order valence-electron chi connectivity index (χ3n) is 5.52. The maximum absolute atomic E-state index is 13.7. The Morgan fingerprint density at radius 1 is 1.08 bits per heavy atom. The van der Waals surface area contributed by atoms with E-state index in [9.17, 15) is 17.6 Å². The smallest absolute Gasteiger partial charge is 0.406 e. The molecule has 1 aromatic heterocycles. The highest BCUT2D eigenvalue weighted by molar-refractivity contribution is 7.80. The van der Waals surface area contributed by atoms with E-state index in [1.54, 1.807) is 42.9 Å². The molecule has 0 unspecified atom stereocenters. The second-order valence-corrected chi connectivity index (χ2v) is 8.36. The number of anilines is 1. The fourth-order valence-corrected chi connectivity index (χ4v) is 4.08. The minimum atomic E-state index is -4.74. The van der Waals surface area contributed by atoms with Crippen LogP contribution in [0.25, 0.3) is 18.0 Å². The van der Waals surface area contributed by atoms with E-state index in [0.717, 1.165) is 26.7 Å². The summed E-state index contributed by atoms with van der Waals surface area (Å²) in [5.74, 6) is -0.728. The summed E-state index contributed by atoms with van der Waals surface area (Å²) in [5.41, 5.74) is 1.91. The zero-order chi connectivity index (χ0) is 26.0. The molecule has 0 radical (unpaired) electrons. The van der Waals surface area contributed by atoms with Gasteiger partial charge in [0.25, 0.3) is 0 Å². The Morgan fingerprint density at radius 3 is 2.62 bits per heavy atom. The highest BCUT2D eigenvalue weighted by Crippen LogP contribution is 2.23. The quantitative estimate of drug-likeness (QED) is 0.229. The molecule has 6 nitrogen and oxygen atoms in total. The molecule has 1 heterocycles. The van der Waals surface area contributed by atoms with Crippen molar-refractivity contribution < 1.29 is 22.3 Å². The number of benzene rings is 3. The van der Waals surface area contributed by atoms with Gasteiger partial charge in [-0.3, -0.25) is 4.57 Å². The van der Waals surface area contributed by atoms with Gasteiger partial charge in [0.2, 0.25) is 5.11 Å². The van der Waals surface area contributed by atoms with Crippen LogP contribution < -0.4 is 20.6 Å². The molecule has 4 aromatic rings. The number of nitrogens with one attached hydrogen (secondary N) is 1. The molecule has 1 N–H and O–H groups in total. The third-order valence-corrected chi connectivity index (χ3v) is 5.71. The van der Waals surface area contributed by atoms with Gasteiger partial charge in [0.1, 0.15) is 17.9 Å². The Balaban J connectivity index is 1.39. The Labute approximate surface area is 212 Å². The van der Waals surface area contributed by atoms with Gasteiger partial charge in [-0.2, -0.15) is 5.11 Å². The van der Waals surface area contributed by atoms with Crippen molar-refractivity contribution in [2.24, 2.45) is 10.2 Å². The molecule has 0 saturated carbocycles. The Bertz CT molecular complexity index is 1730. The number of ether oxygens (including phenoxy) is 1. The minimum Gasteiger partial charge on any atom is -0.406 e. The van der Waals surface area contributed by atoms with E-state index < -0.39 is 12.2 Å². The first-order valence-corrected chi connectivity index (χ1v) is 11.4. The minimum absolute atomic E-state index is 0.0285. The maximum atomic E-state index is 13.7. The molecular weight excluding hydrogens is 506 g/mol. The highest BCUT2D eigenvalue weighted by Gasteiger charge is 2.31. The van der Waals surface area contributed by atoms with Gasteiger partial charge in [-0.15, -0.1) is 18.3 Å². The molecular formula is C26H17F4N5OS. The number of hydrogen-bond acceptors (Lipinski definition) is 4. The number of alkyl halides is 3. The van der Waals surface area contributed by atoms with Crippen LogP contribution >= 0.6 is 12.2 Å².